The third kappa shape index (κ3) is 1.66. The first-order valence-corrected chi connectivity index (χ1v) is 6.49. The molecule has 0 radical (unpaired) electrons. The number of pyridine rings is 1. The minimum absolute atomic E-state index is 0.690. The SMILES string of the molecule is Clc1cnc(N2CC3CCC2C3)c(Br)c1. The number of halogens is 2. The summed E-state index contributed by atoms with van der Waals surface area (Å²) in [6.07, 6.45) is 5.79. The van der Waals surface area contributed by atoms with Crippen molar-refractivity contribution in [1.82, 2.24) is 4.98 Å². The lowest BCUT2D eigenvalue weighted by atomic mass is 10.1. The van der Waals surface area contributed by atoms with E-state index in [1.165, 1.54) is 19.3 Å². The van der Waals surface area contributed by atoms with E-state index in [2.05, 4.69) is 25.8 Å². The Morgan fingerprint density at radius 2 is 2.33 bits per heavy atom. The maximum atomic E-state index is 5.89. The average Bonchev–Trinajstić information content (AvgIpc) is 2.78. The Morgan fingerprint density at radius 1 is 1.47 bits per heavy atom. The Bertz CT molecular complexity index is 396. The Hall–Kier alpha value is -0.280. The summed E-state index contributed by atoms with van der Waals surface area (Å²) in [6, 6.07) is 2.63. The number of nitrogens with zero attached hydrogens (tertiary/aromatic N) is 2. The molecule has 1 saturated carbocycles. The topological polar surface area (TPSA) is 16.1 Å². The Balaban J connectivity index is 1.93. The normalized spacial score (nSPS) is 28.8. The number of fused-ring (bicyclic) bond motifs is 2. The number of aromatic nitrogens is 1. The molecule has 80 valence electrons. The van der Waals surface area contributed by atoms with E-state index >= 15 is 0 Å². The molecule has 0 amide bonds. The van der Waals surface area contributed by atoms with Gasteiger partial charge in [0.05, 0.1) is 9.50 Å². The second-order valence-corrected chi connectivity index (χ2v) is 5.74. The van der Waals surface area contributed by atoms with Gasteiger partial charge in [-0.05, 0) is 47.2 Å². The lowest BCUT2D eigenvalue weighted by Gasteiger charge is -2.28. The highest BCUT2D eigenvalue weighted by Gasteiger charge is 2.38. The molecule has 4 heteroatoms. The van der Waals surface area contributed by atoms with Crippen LogP contribution in [-0.4, -0.2) is 17.6 Å². The number of rotatable bonds is 1. The van der Waals surface area contributed by atoms with Crippen LogP contribution in [0.2, 0.25) is 5.02 Å². The molecule has 1 aliphatic carbocycles. The molecular weight excluding hydrogens is 275 g/mol. The summed E-state index contributed by atoms with van der Waals surface area (Å²) in [5.41, 5.74) is 0. The standard InChI is InChI=1S/C11H12BrClN2/c12-10-4-8(13)5-14-11(10)15-6-7-1-2-9(15)3-7/h4-5,7,9H,1-3,6H2. The molecule has 1 aromatic rings. The molecule has 1 aliphatic heterocycles. The lowest BCUT2D eigenvalue weighted by molar-refractivity contribution is 0.550. The molecule has 2 heterocycles. The summed E-state index contributed by atoms with van der Waals surface area (Å²) < 4.78 is 1.02. The molecule has 2 unspecified atom stereocenters. The van der Waals surface area contributed by atoms with E-state index in [1.54, 1.807) is 6.20 Å². The Morgan fingerprint density at radius 3 is 2.93 bits per heavy atom. The first kappa shape index (κ1) is 9.91. The second kappa shape index (κ2) is 3.63. The van der Waals surface area contributed by atoms with Gasteiger partial charge in [0, 0.05) is 18.8 Å². The van der Waals surface area contributed by atoms with Crippen molar-refractivity contribution in [1.29, 1.82) is 0 Å². The predicted octanol–water partition coefficient (Wildman–Crippen LogP) is 3.49. The van der Waals surface area contributed by atoms with E-state index in [0.29, 0.717) is 11.1 Å². The molecule has 2 atom stereocenters. The molecule has 3 rings (SSSR count). The van der Waals surface area contributed by atoms with Gasteiger partial charge in [-0.2, -0.15) is 0 Å². The van der Waals surface area contributed by atoms with Gasteiger partial charge in [0.1, 0.15) is 5.82 Å². The molecule has 0 N–H and O–H groups in total. The fraction of sp³-hybridized carbons (Fsp3) is 0.545. The highest BCUT2D eigenvalue weighted by atomic mass is 79.9. The summed E-state index contributed by atoms with van der Waals surface area (Å²) in [6.45, 7) is 1.16. The van der Waals surface area contributed by atoms with E-state index in [9.17, 15) is 0 Å². The predicted molar refractivity (Wildman–Crippen MR) is 65.4 cm³/mol. The summed E-state index contributed by atoms with van der Waals surface area (Å²) >= 11 is 9.43. The van der Waals surface area contributed by atoms with Crippen molar-refractivity contribution in [2.75, 3.05) is 11.4 Å². The maximum absolute atomic E-state index is 5.89. The van der Waals surface area contributed by atoms with Crippen LogP contribution in [0.5, 0.6) is 0 Å². The van der Waals surface area contributed by atoms with Gasteiger partial charge in [-0.3, -0.25) is 0 Å². The number of hydrogen-bond donors (Lipinski definition) is 0. The van der Waals surface area contributed by atoms with Crippen LogP contribution in [0.15, 0.2) is 16.7 Å². The van der Waals surface area contributed by atoms with Gasteiger partial charge in [-0.15, -0.1) is 0 Å². The molecule has 2 aliphatic rings. The van der Waals surface area contributed by atoms with E-state index in [0.717, 1.165) is 22.8 Å². The quantitative estimate of drug-likeness (QED) is 0.786. The molecule has 0 aromatic carbocycles. The van der Waals surface area contributed by atoms with Gasteiger partial charge in [0.15, 0.2) is 0 Å². The van der Waals surface area contributed by atoms with Crippen LogP contribution in [0.25, 0.3) is 0 Å². The summed E-state index contributed by atoms with van der Waals surface area (Å²) in [4.78, 5) is 6.85. The Labute approximate surface area is 103 Å². The molecular formula is C11H12BrClN2. The lowest BCUT2D eigenvalue weighted by Crippen LogP contribution is -2.32. The van der Waals surface area contributed by atoms with Crippen molar-refractivity contribution in [3.63, 3.8) is 0 Å². The van der Waals surface area contributed by atoms with Crippen LogP contribution in [0, 0.1) is 5.92 Å². The molecule has 1 aromatic heterocycles. The molecule has 1 saturated heterocycles. The third-order valence-electron chi connectivity index (χ3n) is 3.47. The minimum Gasteiger partial charge on any atom is -0.352 e. The summed E-state index contributed by atoms with van der Waals surface area (Å²) in [7, 11) is 0. The zero-order chi connectivity index (χ0) is 10.4. The number of piperidine rings is 1. The maximum Gasteiger partial charge on any atom is 0.143 e. The zero-order valence-electron chi connectivity index (χ0n) is 8.29. The van der Waals surface area contributed by atoms with E-state index in [-0.39, 0.29) is 0 Å². The fourth-order valence-corrected chi connectivity index (χ4v) is 3.67. The number of anilines is 1. The monoisotopic (exact) mass is 286 g/mol. The van der Waals surface area contributed by atoms with Crippen LogP contribution < -0.4 is 4.90 Å². The van der Waals surface area contributed by atoms with E-state index in [4.69, 9.17) is 11.6 Å². The van der Waals surface area contributed by atoms with Crippen molar-refractivity contribution < 1.29 is 0 Å². The van der Waals surface area contributed by atoms with Gasteiger partial charge < -0.3 is 4.90 Å². The average molecular weight is 288 g/mol. The summed E-state index contributed by atoms with van der Waals surface area (Å²) in [5.74, 6) is 1.95. The van der Waals surface area contributed by atoms with Gasteiger partial charge in [-0.1, -0.05) is 11.6 Å². The third-order valence-corrected chi connectivity index (χ3v) is 4.26. The van der Waals surface area contributed by atoms with Crippen LogP contribution >= 0.6 is 27.5 Å². The molecule has 0 spiro atoms. The van der Waals surface area contributed by atoms with E-state index in [1.807, 2.05) is 6.07 Å². The molecule has 2 bridgehead atoms. The van der Waals surface area contributed by atoms with Crippen LogP contribution in [0.1, 0.15) is 19.3 Å². The minimum atomic E-state index is 0.690. The van der Waals surface area contributed by atoms with Gasteiger partial charge in [-0.25, -0.2) is 4.98 Å². The van der Waals surface area contributed by atoms with E-state index < -0.39 is 0 Å². The largest absolute Gasteiger partial charge is 0.352 e. The van der Waals surface area contributed by atoms with Crippen molar-refractivity contribution in [3.8, 4) is 0 Å². The second-order valence-electron chi connectivity index (χ2n) is 4.44. The van der Waals surface area contributed by atoms with Crippen molar-refractivity contribution >= 4 is 33.3 Å². The number of hydrogen-bond acceptors (Lipinski definition) is 2. The van der Waals surface area contributed by atoms with Crippen molar-refractivity contribution in [2.45, 2.75) is 25.3 Å². The molecule has 2 fully saturated rings. The van der Waals surface area contributed by atoms with Gasteiger partial charge in [0.2, 0.25) is 0 Å². The van der Waals surface area contributed by atoms with Crippen LogP contribution in [0.4, 0.5) is 5.82 Å². The molecule has 2 nitrogen and oxygen atoms in total. The highest BCUT2D eigenvalue weighted by molar-refractivity contribution is 9.10. The fourth-order valence-electron chi connectivity index (χ4n) is 2.80. The zero-order valence-corrected chi connectivity index (χ0v) is 10.6. The van der Waals surface area contributed by atoms with Crippen molar-refractivity contribution in [3.05, 3.63) is 21.8 Å². The first-order chi connectivity index (χ1) is 7.24. The summed E-state index contributed by atoms with van der Waals surface area (Å²) in [5, 5.41) is 0.690. The van der Waals surface area contributed by atoms with Crippen molar-refractivity contribution in [2.24, 2.45) is 5.92 Å². The van der Waals surface area contributed by atoms with Crippen LogP contribution in [-0.2, 0) is 0 Å². The Kier molecular flexibility index (Phi) is 2.40. The van der Waals surface area contributed by atoms with Crippen LogP contribution in [0.3, 0.4) is 0 Å². The first-order valence-electron chi connectivity index (χ1n) is 5.32. The van der Waals surface area contributed by atoms with Gasteiger partial charge >= 0.3 is 0 Å². The smallest absolute Gasteiger partial charge is 0.143 e. The molecule has 15 heavy (non-hydrogen) atoms. The highest BCUT2D eigenvalue weighted by Crippen LogP contribution is 2.41. The van der Waals surface area contributed by atoms with Gasteiger partial charge in [0.25, 0.3) is 0 Å².